The molecule has 0 heterocycles. The molecule has 0 radical (unpaired) electrons. The summed E-state index contributed by atoms with van der Waals surface area (Å²) in [6.45, 7) is 5.20. The highest BCUT2D eigenvalue weighted by atomic mass is 32.2. The van der Waals surface area contributed by atoms with Crippen LogP contribution in [0.3, 0.4) is 0 Å². The lowest BCUT2D eigenvalue weighted by molar-refractivity contribution is -0.144. The molecule has 0 bridgehead atoms. The van der Waals surface area contributed by atoms with Gasteiger partial charge in [0.15, 0.2) is 0 Å². The van der Waals surface area contributed by atoms with Gasteiger partial charge in [-0.15, -0.1) is 11.8 Å². The Morgan fingerprint density at radius 2 is 1.06 bits per heavy atom. The molecular weight excluding hydrogens is 695 g/mol. The van der Waals surface area contributed by atoms with Crippen molar-refractivity contribution in [2.45, 2.75) is 55.7 Å². The van der Waals surface area contributed by atoms with Gasteiger partial charge >= 0.3 is 12.1 Å². The van der Waals surface area contributed by atoms with Crippen LogP contribution >= 0.6 is 23.5 Å². The summed E-state index contributed by atoms with van der Waals surface area (Å²) >= 11 is 2.87. The average Bonchev–Trinajstić information content (AvgIpc) is 3.14. The standard InChI is InChI=1S/C41H47N3O6S2/c1-40(2,3)50-39(48)44-33(26-29-18-10-6-11-19-29)36(45)42-34(27-51-5)37(46)43-35(38(47)49-4)28-52-41(30-20-12-7-13-21-30,31-22-14-8-15-23-31)32-24-16-9-17-25-32/h6-25,33-35H,26-28H2,1-5H3,(H,42,45)(H,43,46)(H,44,48)/t33-,34-,35-/m0/s1. The van der Waals surface area contributed by atoms with Gasteiger partial charge in [0.05, 0.1) is 11.9 Å². The Hall–Kier alpha value is -4.74. The zero-order chi connectivity index (χ0) is 37.6. The van der Waals surface area contributed by atoms with E-state index in [2.05, 4.69) is 52.3 Å². The zero-order valence-corrected chi connectivity index (χ0v) is 31.8. The van der Waals surface area contributed by atoms with Crippen LogP contribution in [0.25, 0.3) is 0 Å². The molecule has 4 aromatic carbocycles. The third-order valence-electron chi connectivity index (χ3n) is 8.07. The predicted octanol–water partition coefficient (Wildman–Crippen LogP) is 6.35. The van der Waals surface area contributed by atoms with Gasteiger partial charge in [0.25, 0.3) is 0 Å². The second-order valence-electron chi connectivity index (χ2n) is 13.1. The zero-order valence-electron chi connectivity index (χ0n) is 30.2. The van der Waals surface area contributed by atoms with Crippen molar-refractivity contribution in [2.24, 2.45) is 0 Å². The van der Waals surface area contributed by atoms with Crippen LogP contribution in [0.4, 0.5) is 4.79 Å². The van der Waals surface area contributed by atoms with Crippen LogP contribution in [0.15, 0.2) is 121 Å². The molecule has 0 spiro atoms. The maximum Gasteiger partial charge on any atom is 0.408 e. The van der Waals surface area contributed by atoms with Crippen LogP contribution in [-0.4, -0.2) is 72.5 Å². The molecule has 3 atom stereocenters. The molecule has 3 N–H and O–H groups in total. The van der Waals surface area contributed by atoms with Crippen molar-refractivity contribution in [3.63, 3.8) is 0 Å². The van der Waals surface area contributed by atoms with Crippen LogP contribution in [0.5, 0.6) is 0 Å². The van der Waals surface area contributed by atoms with E-state index in [1.54, 1.807) is 20.8 Å². The molecule has 274 valence electrons. The van der Waals surface area contributed by atoms with Crippen LogP contribution in [0.2, 0.25) is 0 Å². The number of benzene rings is 4. The Kier molecular flexibility index (Phi) is 14.8. The molecule has 0 fully saturated rings. The number of carbonyl (C=O) groups excluding carboxylic acids is 4. The lowest BCUT2D eigenvalue weighted by Gasteiger charge is -2.36. The largest absolute Gasteiger partial charge is 0.467 e. The van der Waals surface area contributed by atoms with Gasteiger partial charge in [0, 0.05) is 17.9 Å². The number of methoxy groups -OCH3 is 1. The maximum absolute atomic E-state index is 14.0. The monoisotopic (exact) mass is 741 g/mol. The van der Waals surface area contributed by atoms with Gasteiger partial charge in [-0.05, 0) is 49.3 Å². The number of hydrogen-bond donors (Lipinski definition) is 3. The van der Waals surface area contributed by atoms with Crippen molar-refractivity contribution >= 4 is 47.4 Å². The summed E-state index contributed by atoms with van der Waals surface area (Å²) in [5, 5.41) is 8.36. The summed E-state index contributed by atoms with van der Waals surface area (Å²) in [7, 11) is 1.28. The lowest BCUT2D eigenvalue weighted by atomic mass is 9.84. The van der Waals surface area contributed by atoms with Gasteiger partial charge in [-0.3, -0.25) is 9.59 Å². The molecule has 0 saturated heterocycles. The highest BCUT2D eigenvalue weighted by molar-refractivity contribution is 8.00. The molecule has 4 aromatic rings. The molecule has 9 nitrogen and oxygen atoms in total. The Morgan fingerprint density at radius 1 is 0.615 bits per heavy atom. The van der Waals surface area contributed by atoms with Crippen LogP contribution in [0, 0.1) is 0 Å². The van der Waals surface area contributed by atoms with E-state index in [4.69, 9.17) is 9.47 Å². The summed E-state index contributed by atoms with van der Waals surface area (Å²) in [5.41, 5.74) is 3.04. The fourth-order valence-corrected chi connectivity index (χ4v) is 7.80. The Labute approximate surface area is 315 Å². The highest BCUT2D eigenvalue weighted by Gasteiger charge is 2.39. The van der Waals surface area contributed by atoms with E-state index in [1.165, 1.54) is 30.6 Å². The van der Waals surface area contributed by atoms with Crippen molar-refractivity contribution in [2.75, 3.05) is 24.9 Å². The number of hydrogen-bond acceptors (Lipinski definition) is 8. The number of alkyl carbamates (subject to hydrolysis) is 1. The molecule has 0 aliphatic heterocycles. The second-order valence-corrected chi connectivity index (χ2v) is 15.2. The lowest BCUT2D eigenvalue weighted by Crippen LogP contribution is -2.57. The van der Waals surface area contributed by atoms with E-state index < -0.39 is 52.4 Å². The minimum absolute atomic E-state index is 0.147. The SMILES string of the molecule is COC(=O)[C@H](CSC(c1ccccc1)(c1ccccc1)c1ccccc1)NC(=O)[C@H](CSC)NC(=O)[C@H](Cc1ccccc1)NC(=O)OC(C)(C)C. The summed E-state index contributed by atoms with van der Waals surface area (Å²) in [4.78, 5) is 53.8. The number of thioether (sulfide) groups is 2. The number of carbonyl (C=O) groups is 4. The molecule has 4 rings (SSSR count). The first-order valence-corrected chi connectivity index (χ1v) is 19.4. The van der Waals surface area contributed by atoms with E-state index in [0.717, 1.165) is 22.3 Å². The topological polar surface area (TPSA) is 123 Å². The Balaban J connectivity index is 1.60. The van der Waals surface area contributed by atoms with E-state index >= 15 is 0 Å². The smallest absolute Gasteiger partial charge is 0.408 e. The minimum atomic E-state index is -1.06. The molecule has 11 heteroatoms. The summed E-state index contributed by atoms with van der Waals surface area (Å²) in [6.07, 6.45) is 1.23. The Morgan fingerprint density at radius 3 is 1.50 bits per heavy atom. The van der Waals surface area contributed by atoms with Crippen molar-refractivity contribution in [3.05, 3.63) is 144 Å². The third-order valence-corrected chi connectivity index (χ3v) is 10.4. The van der Waals surface area contributed by atoms with Gasteiger partial charge < -0.3 is 25.4 Å². The first-order chi connectivity index (χ1) is 25.0. The van der Waals surface area contributed by atoms with Gasteiger partial charge in [-0.25, -0.2) is 9.59 Å². The van der Waals surface area contributed by atoms with Crippen molar-refractivity contribution in [1.29, 1.82) is 0 Å². The van der Waals surface area contributed by atoms with E-state index in [-0.39, 0.29) is 17.9 Å². The first-order valence-electron chi connectivity index (χ1n) is 17.0. The van der Waals surface area contributed by atoms with E-state index in [1.807, 2.05) is 91.2 Å². The highest BCUT2D eigenvalue weighted by Crippen LogP contribution is 2.48. The van der Waals surface area contributed by atoms with Gasteiger partial charge in [0.2, 0.25) is 11.8 Å². The predicted molar refractivity (Wildman–Crippen MR) is 209 cm³/mol. The van der Waals surface area contributed by atoms with Crippen molar-refractivity contribution in [3.8, 4) is 0 Å². The fourth-order valence-electron chi connectivity index (χ4n) is 5.69. The van der Waals surface area contributed by atoms with Crippen LogP contribution in [0.1, 0.15) is 43.0 Å². The molecular formula is C41H47N3O6S2. The number of ether oxygens (including phenoxy) is 2. The molecule has 0 aliphatic rings. The molecule has 0 aromatic heterocycles. The molecule has 3 amide bonds. The van der Waals surface area contributed by atoms with Gasteiger partial charge in [0.1, 0.15) is 23.7 Å². The maximum atomic E-state index is 14.0. The molecule has 52 heavy (non-hydrogen) atoms. The fraction of sp³-hybridized carbons (Fsp3) is 0.317. The minimum Gasteiger partial charge on any atom is -0.467 e. The number of nitrogens with one attached hydrogen (secondary N) is 3. The summed E-state index contributed by atoms with van der Waals surface area (Å²) in [5.74, 6) is -1.38. The number of esters is 1. The third kappa shape index (κ3) is 11.1. The molecule has 0 saturated carbocycles. The normalized spacial score (nSPS) is 13.2. The van der Waals surface area contributed by atoms with Crippen LogP contribution in [-0.2, 0) is 35.0 Å². The van der Waals surface area contributed by atoms with E-state index in [9.17, 15) is 19.2 Å². The van der Waals surface area contributed by atoms with Crippen LogP contribution < -0.4 is 16.0 Å². The Bertz CT molecular complexity index is 1640. The average molecular weight is 742 g/mol. The van der Waals surface area contributed by atoms with E-state index in [0.29, 0.717) is 0 Å². The number of amides is 3. The van der Waals surface area contributed by atoms with Crippen molar-refractivity contribution < 1.29 is 28.7 Å². The van der Waals surface area contributed by atoms with Gasteiger partial charge in [-0.2, -0.15) is 11.8 Å². The second kappa shape index (κ2) is 19.2. The summed E-state index contributed by atoms with van der Waals surface area (Å²) < 4.78 is 9.87. The van der Waals surface area contributed by atoms with Gasteiger partial charge in [-0.1, -0.05) is 121 Å². The summed E-state index contributed by atoms with van der Waals surface area (Å²) in [6, 6.07) is 36.2. The number of rotatable bonds is 16. The van der Waals surface area contributed by atoms with Crippen molar-refractivity contribution in [1.82, 2.24) is 16.0 Å². The molecule has 0 aliphatic carbocycles. The first kappa shape index (κ1) is 40.0. The quantitative estimate of drug-likeness (QED) is 0.0898. The molecule has 0 unspecified atom stereocenters.